The van der Waals surface area contributed by atoms with E-state index in [0.717, 1.165) is 0 Å². The van der Waals surface area contributed by atoms with Gasteiger partial charge in [0.25, 0.3) is 0 Å². The Morgan fingerprint density at radius 1 is 0.955 bits per heavy atom. The van der Waals surface area contributed by atoms with Gasteiger partial charge < -0.3 is 0 Å². The maximum atomic E-state index is 13.3. The largest absolute Gasteiger partial charge is 0.293 e. The van der Waals surface area contributed by atoms with E-state index in [4.69, 9.17) is 0 Å². The Bertz CT molecular complexity index is 709. The summed E-state index contributed by atoms with van der Waals surface area (Å²) in [5.74, 6) is -13.5. The molecular formula is C11H9F5N2O3S. The number of hydrogen-bond acceptors (Lipinski definition) is 4. The van der Waals surface area contributed by atoms with Crippen LogP contribution < -0.4 is 10.9 Å². The first-order valence-corrected chi connectivity index (χ1v) is 7.74. The second-order valence-electron chi connectivity index (χ2n) is 4.66. The molecule has 0 unspecified atom stereocenters. The van der Waals surface area contributed by atoms with Gasteiger partial charge in [-0.15, -0.1) is 0 Å². The molecule has 2 rings (SSSR count). The van der Waals surface area contributed by atoms with E-state index in [9.17, 15) is 35.2 Å². The highest BCUT2D eigenvalue weighted by atomic mass is 32.2. The minimum Gasteiger partial charge on any atom is -0.293 e. The fourth-order valence-corrected chi connectivity index (χ4v) is 3.68. The second kappa shape index (κ2) is 5.71. The van der Waals surface area contributed by atoms with E-state index in [0.29, 0.717) is 0 Å². The molecule has 0 saturated carbocycles. The Kier molecular flexibility index (Phi) is 4.27. The first-order valence-electron chi connectivity index (χ1n) is 5.91. The van der Waals surface area contributed by atoms with Crippen LogP contribution in [0.25, 0.3) is 0 Å². The first kappa shape index (κ1) is 16.5. The van der Waals surface area contributed by atoms with E-state index < -0.39 is 62.2 Å². The standard InChI is InChI=1S/C11H9F5N2O3S/c12-5-6(13)8(15)10(9(16)7(5)14)17-18-11(19)4-1-2-22(20,21)3-4/h4,17H,1-3H2,(H,18,19)/t4-/m1/s1. The van der Waals surface area contributed by atoms with Crippen LogP contribution in [0.15, 0.2) is 0 Å². The number of hydrogen-bond donors (Lipinski definition) is 2. The molecule has 122 valence electrons. The molecule has 1 aromatic rings. The summed E-state index contributed by atoms with van der Waals surface area (Å²) in [4.78, 5) is 11.6. The number of benzene rings is 1. The third kappa shape index (κ3) is 2.98. The van der Waals surface area contributed by atoms with Crippen molar-refractivity contribution in [3.63, 3.8) is 0 Å². The van der Waals surface area contributed by atoms with E-state index in [2.05, 4.69) is 0 Å². The van der Waals surface area contributed by atoms with Crippen molar-refractivity contribution < 1.29 is 35.2 Å². The highest BCUT2D eigenvalue weighted by Crippen LogP contribution is 2.26. The number of hydrazine groups is 1. The highest BCUT2D eigenvalue weighted by Gasteiger charge is 2.33. The lowest BCUT2D eigenvalue weighted by atomic mass is 10.1. The molecule has 1 aliphatic heterocycles. The molecule has 1 atom stereocenters. The van der Waals surface area contributed by atoms with Crippen LogP contribution in [0.2, 0.25) is 0 Å². The number of nitrogens with one attached hydrogen (secondary N) is 2. The maximum Gasteiger partial charge on any atom is 0.242 e. The molecule has 11 heteroatoms. The van der Waals surface area contributed by atoms with Gasteiger partial charge in [-0.05, 0) is 6.42 Å². The average molecular weight is 344 g/mol. The second-order valence-corrected chi connectivity index (χ2v) is 6.89. The molecule has 0 bridgehead atoms. The van der Waals surface area contributed by atoms with Gasteiger partial charge in [0.1, 0.15) is 5.69 Å². The Hall–Kier alpha value is -1.91. The van der Waals surface area contributed by atoms with Gasteiger partial charge in [-0.1, -0.05) is 0 Å². The Labute approximate surface area is 121 Å². The van der Waals surface area contributed by atoms with Crippen molar-refractivity contribution in [2.45, 2.75) is 6.42 Å². The number of rotatable bonds is 3. The minimum atomic E-state index is -3.37. The normalized spacial score (nSPS) is 20.0. The lowest BCUT2D eigenvalue weighted by Gasteiger charge is -2.13. The Morgan fingerprint density at radius 2 is 1.45 bits per heavy atom. The predicted molar refractivity (Wildman–Crippen MR) is 64.8 cm³/mol. The fraction of sp³-hybridized carbons (Fsp3) is 0.364. The number of carbonyl (C=O) groups excluding carboxylic acids is 1. The lowest BCUT2D eigenvalue weighted by molar-refractivity contribution is -0.123. The van der Waals surface area contributed by atoms with Gasteiger partial charge in [0.05, 0.1) is 17.4 Å². The van der Waals surface area contributed by atoms with Crippen LogP contribution in [0.4, 0.5) is 27.6 Å². The summed E-state index contributed by atoms with van der Waals surface area (Å²) < 4.78 is 87.7. The van der Waals surface area contributed by atoms with Crippen molar-refractivity contribution in [3.8, 4) is 0 Å². The molecule has 1 fully saturated rings. The smallest absolute Gasteiger partial charge is 0.242 e. The van der Waals surface area contributed by atoms with Crippen LogP contribution in [0, 0.1) is 35.0 Å². The summed E-state index contributed by atoms with van der Waals surface area (Å²) in [7, 11) is -3.37. The van der Waals surface area contributed by atoms with E-state index in [1.807, 2.05) is 0 Å². The summed E-state index contributed by atoms with van der Waals surface area (Å²) in [6.07, 6.45) is 0.00690. The summed E-state index contributed by atoms with van der Waals surface area (Å²) in [6, 6.07) is 0. The SMILES string of the molecule is O=C(NNc1c(F)c(F)c(F)c(F)c1F)[C@@H]1CCS(=O)(=O)C1. The molecule has 0 aliphatic carbocycles. The lowest BCUT2D eigenvalue weighted by Crippen LogP contribution is -2.36. The summed E-state index contributed by atoms with van der Waals surface area (Å²) >= 11 is 0. The number of halogens is 5. The van der Waals surface area contributed by atoms with E-state index >= 15 is 0 Å². The van der Waals surface area contributed by atoms with E-state index in [1.165, 1.54) is 0 Å². The van der Waals surface area contributed by atoms with Crippen molar-refractivity contribution >= 4 is 21.4 Å². The molecule has 1 aromatic carbocycles. The summed E-state index contributed by atoms with van der Waals surface area (Å²) in [6.45, 7) is 0. The highest BCUT2D eigenvalue weighted by molar-refractivity contribution is 7.91. The van der Waals surface area contributed by atoms with Gasteiger partial charge in [0, 0.05) is 0 Å². The van der Waals surface area contributed by atoms with Crippen LogP contribution in [0.5, 0.6) is 0 Å². The molecular weight excluding hydrogens is 335 g/mol. The van der Waals surface area contributed by atoms with Crippen LogP contribution in [-0.4, -0.2) is 25.8 Å². The zero-order valence-corrected chi connectivity index (χ0v) is 11.5. The average Bonchev–Trinajstić information content (AvgIpc) is 2.83. The van der Waals surface area contributed by atoms with Crippen molar-refractivity contribution in [3.05, 3.63) is 29.1 Å². The molecule has 1 amide bonds. The van der Waals surface area contributed by atoms with Gasteiger partial charge in [-0.2, -0.15) is 0 Å². The van der Waals surface area contributed by atoms with Crippen molar-refractivity contribution in [1.82, 2.24) is 5.43 Å². The first-order chi connectivity index (χ1) is 10.1. The predicted octanol–water partition coefficient (Wildman–Crippen LogP) is 1.26. The molecule has 5 nitrogen and oxygen atoms in total. The zero-order valence-electron chi connectivity index (χ0n) is 10.7. The number of carbonyl (C=O) groups is 1. The third-order valence-electron chi connectivity index (χ3n) is 3.12. The van der Waals surface area contributed by atoms with Crippen LogP contribution in [0.3, 0.4) is 0 Å². The van der Waals surface area contributed by atoms with E-state index in [1.54, 1.807) is 10.9 Å². The Morgan fingerprint density at radius 3 is 1.91 bits per heavy atom. The molecule has 0 spiro atoms. The van der Waals surface area contributed by atoms with Gasteiger partial charge >= 0.3 is 0 Å². The molecule has 2 N–H and O–H groups in total. The van der Waals surface area contributed by atoms with Crippen LogP contribution in [-0.2, 0) is 14.6 Å². The minimum absolute atomic E-state index is 0.00690. The molecule has 1 heterocycles. The monoisotopic (exact) mass is 344 g/mol. The number of amides is 1. The zero-order chi connectivity index (χ0) is 16.7. The van der Waals surface area contributed by atoms with Gasteiger partial charge in [0.15, 0.2) is 33.1 Å². The maximum absolute atomic E-state index is 13.3. The van der Waals surface area contributed by atoms with Crippen molar-refractivity contribution in [1.29, 1.82) is 0 Å². The molecule has 22 heavy (non-hydrogen) atoms. The molecule has 1 saturated heterocycles. The van der Waals surface area contributed by atoms with Gasteiger partial charge in [-0.25, -0.2) is 30.4 Å². The van der Waals surface area contributed by atoms with Crippen LogP contribution >= 0.6 is 0 Å². The quantitative estimate of drug-likeness (QED) is 0.375. The van der Waals surface area contributed by atoms with Crippen molar-refractivity contribution in [2.24, 2.45) is 5.92 Å². The van der Waals surface area contributed by atoms with Crippen LogP contribution in [0.1, 0.15) is 6.42 Å². The van der Waals surface area contributed by atoms with Gasteiger partial charge in [-0.3, -0.25) is 15.6 Å². The molecule has 0 aromatic heterocycles. The van der Waals surface area contributed by atoms with Gasteiger partial charge in [0.2, 0.25) is 11.7 Å². The topological polar surface area (TPSA) is 75.3 Å². The number of anilines is 1. The Balaban J connectivity index is 2.14. The third-order valence-corrected chi connectivity index (χ3v) is 4.89. The summed E-state index contributed by atoms with van der Waals surface area (Å²) in [5, 5.41) is 0. The molecule has 0 radical (unpaired) electrons. The summed E-state index contributed by atoms with van der Waals surface area (Å²) in [5.41, 5.74) is 1.92. The van der Waals surface area contributed by atoms with Crippen molar-refractivity contribution in [2.75, 3.05) is 16.9 Å². The fourth-order valence-electron chi connectivity index (χ4n) is 1.94. The molecule has 1 aliphatic rings. The number of sulfone groups is 1. The van der Waals surface area contributed by atoms with E-state index in [-0.39, 0.29) is 12.2 Å².